The molecule has 0 bridgehead atoms. The molecule has 21 heavy (non-hydrogen) atoms. The van der Waals surface area contributed by atoms with Gasteiger partial charge in [-0.05, 0) is 19.3 Å². The van der Waals surface area contributed by atoms with Crippen LogP contribution in [0.5, 0.6) is 0 Å². The van der Waals surface area contributed by atoms with Crippen molar-refractivity contribution in [2.75, 3.05) is 39.6 Å². The van der Waals surface area contributed by atoms with E-state index in [-0.39, 0.29) is 65.3 Å². The summed E-state index contributed by atoms with van der Waals surface area (Å²) in [4.78, 5) is 22.3. The lowest BCUT2D eigenvalue weighted by Gasteiger charge is -2.29. The molecule has 0 heterocycles. The quantitative estimate of drug-likeness (QED) is 0.322. The molecule has 0 rings (SSSR count). The predicted octanol–water partition coefficient (Wildman–Crippen LogP) is -0.280. The number of rotatable bonds is 14. The minimum Gasteiger partial charge on any atom is -0.481 e. The number of carboxylic acids is 2. The lowest BCUT2D eigenvalue weighted by molar-refractivity contribution is -0.153. The first kappa shape index (κ1) is 19.8. The summed E-state index contributed by atoms with van der Waals surface area (Å²) in [5.41, 5.74) is -1.25. The first-order chi connectivity index (χ1) is 9.98. The molecule has 0 saturated heterocycles. The minimum atomic E-state index is -1.25. The van der Waals surface area contributed by atoms with Gasteiger partial charge in [0.1, 0.15) is 0 Å². The van der Waals surface area contributed by atoms with Crippen molar-refractivity contribution in [2.24, 2.45) is 5.41 Å². The van der Waals surface area contributed by atoms with Gasteiger partial charge < -0.3 is 29.9 Å². The van der Waals surface area contributed by atoms with E-state index in [4.69, 9.17) is 24.8 Å². The van der Waals surface area contributed by atoms with Crippen molar-refractivity contribution in [3.8, 4) is 0 Å². The van der Waals surface area contributed by atoms with E-state index in [9.17, 15) is 14.7 Å². The molecule has 0 amide bonds. The standard InChI is InChI=1S/C13H24O8/c14-5-9-20-7-3-13(12(18)19,2-1-11(16)17)4-8-21-10-6-15/h14-15H,1-10H2,(H,16,17)(H,18,19). The highest BCUT2D eigenvalue weighted by Crippen LogP contribution is 2.33. The third kappa shape index (κ3) is 8.61. The molecule has 0 spiro atoms. The lowest BCUT2D eigenvalue weighted by atomic mass is 9.77. The molecule has 0 aromatic rings. The monoisotopic (exact) mass is 308 g/mol. The third-order valence-electron chi connectivity index (χ3n) is 3.19. The highest BCUT2D eigenvalue weighted by Gasteiger charge is 2.38. The average Bonchev–Trinajstić information content (AvgIpc) is 2.44. The summed E-state index contributed by atoms with van der Waals surface area (Å²) in [7, 11) is 0. The Kier molecular flexibility index (Phi) is 10.8. The van der Waals surface area contributed by atoms with Crippen LogP contribution >= 0.6 is 0 Å². The predicted molar refractivity (Wildman–Crippen MR) is 72.0 cm³/mol. The first-order valence-corrected chi connectivity index (χ1v) is 6.81. The Labute approximate surface area is 123 Å². The van der Waals surface area contributed by atoms with Gasteiger partial charge in [0.25, 0.3) is 0 Å². The Morgan fingerprint density at radius 3 is 1.62 bits per heavy atom. The molecule has 0 unspecified atom stereocenters. The minimum absolute atomic E-state index is 0.0252. The van der Waals surface area contributed by atoms with Crippen LogP contribution in [0, 0.1) is 5.41 Å². The fourth-order valence-electron chi connectivity index (χ4n) is 1.91. The highest BCUT2D eigenvalue weighted by atomic mass is 16.5. The van der Waals surface area contributed by atoms with Crippen LogP contribution in [-0.4, -0.2) is 72.0 Å². The van der Waals surface area contributed by atoms with E-state index in [0.717, 1.165) is 0 Å². The van der Waals surface area contributed by atoms with E-state index >= 15 is 0 Å². The van der Waals surface area contributed by atoms with E-state index in [0.29, 0.717) is 0 Å². The fourth-order valence-corrected chi connectivity index (χ4v) is 1.91. The maximum atomic E-state index is 11.6. The van der Waals surface area contributed by atoms with E-state index < -0.39 is 17.4 Å². The summed E-state index contributed by atoms with van der Waals surface area (Å²) in [5, 5.41) is 35.4. The largest absolute Gasteiger partial charge is 0.481 e. The molecule has 0 aliphatic heterocycles. The molecule has 0 aliphatic carbocycles. The van der Waals surface area contributed by atoms with Crippen molar-refractivity contribution in [1.29, 1.82) is 0 Å². The van der Waals surface area contributed by atoms with Crippen molar-refractivity contribution < 1.29 is 39.5 Å². The summed E-state index contributed by atoms with van der Waals surface area (Å²) in [5.74, 6) is -2.16. The van der Waals surface area contributed by atoms with Crippen LogP contribution < -0.4 is 0 Å². The molecular formula is C13H24O8. The molecule has 8 heteroatoms. The van der Waals surface area contributed by atoms with Gasteiger partial charge in [-0.25, -0.2) is 0 Å². The number of carboxylic acid groups (broad SMARTS) is 2. The van der Waals surface area contributed by atoms with Crippen molar-refractivity contribution in [3.05, 3.63) is 0 Å². The molecular weight excluding hydrogens is 284 g/mol. The zero-order chi connectivity index (χ0) is 16.1. The summed E-state index contributed by atoms with van der Waals surface area (Å²) < 4.78 is 10.2. The molecule has 0 saturated carbocycles. The second-order valence-electron chi connectivity index (χ2n) is 4.65. The Morgan fingerprint density at radius 2 is 1.29 bits per heavy atom. The maximum Gasteiger partial charge on any atom is 0.309 e. The van der Waals surface area contributed by atoms with Gasteiger partial charge in [0.05, 0.1) is 31.8 Å². The van der Waals surface area contributed by atoms with Gasteiger partial charge in [-0.2, -0.15) is 0 Å². The van der Waals surface area contributed by atoms with Crippen LogP contribution in [-0.2, 0) is 19.1 Å². The van der Waals surface area contributed by atoms with Crippen LogP contribution in [0.15, 0.2) is 0 Å². The summed E-state index contributed by atoms with van der Waals surface area (Å²) in [6, 6.07) is 0. The van der Waals surface area contributed by atoms with Crippen LogP contribution in [0.3, 0.4) is 0 Å². The first-order valence-electron chi connectivity index (χ1n) is 6.81. The molecule has 0 aliphatic rings. The normalized spacial score (nSPS) is 11.5. The molecule has 0 aromatic carbocycles. The number of ether oxygens (including phenoxy) is 2. The van der Waals surface area contributed by atoms with E-state index in [1.807, 2.05) is 0 Å². The second kappa shape index (κ2) is 11.4. The van der Waals surface area contributed by atoms with Gasteiger partial charge in [-0.15, -0.1) is 0 Å². The Morgan fingerprint density at radius 1 is 0.810 bits per heavy atom. The lowest BCUT2D eigenvalue weighted by Crippen LogP contribution is -2.35. The van der Waals surface area contributed by atoms with E-state index in [1.165, 1.54) is 0 Å². The second-order valence-corrected chi connectivity index (χ2v) is 4.65. The van der Waals surface area contributed by atoms with Gasteiger partial charge in [-0.1, -0.05) is 0 Å². The number of aliphatic hydroxyl groups excluding tert-OH is 2. The van der Waals surface area contributed by atoms with Crippen molar-refractivity contribution >= 4 is 11.9 Å². The van der Waals surface area contributed by atoms with Crippen LogP contribution in [0.25, 0.3) is 0 Å². The van der Waals surface area contributed by atoms with Gasteiger partial charge in [0, 0.05) is 19.6 Å². The number of carbonyl (C=O) groups is 2. The zero-order valence-corrected chi connectivity index (χ0v) is 12.0. The molecule has 0 radical (unpaired) electrons. The van der Waals surface area contributed by atoms with Crippen LogP contribution in [0.4, 0.5) is 0 Å². The molecule has 0 aromatic heterocycles. The van der Waals surface area contributed by atoms with E-state index in [1.54, 1.807) is 0 Å². The molecule has 4 N–H and O–H groups in total. The Hall–Kier alpha value is -1.22. The summed E-state index contributed by atoms with van der Waals surface area (Å²) in [6.07, 6.45) is -0.00880. The molecule has 0 fully saturated rings. The van der Waals surface area contributed by atoms with Crippen LogP contribution in [0.1, 0.15) is 25.7 Å². The summed E-state index contributed by atoms with van der Waals surface area (Å²) in [6.45, 7) is 0.133. The maximum absolute atomic E-state index is 11.6. The van der Waals surface area contributed by atoms with E-state index in [2.05, 4.69) is 0 Å². The number of aliphatic hydroxyl groups is 2. The Bertz CT molecular complexity index is 293. The smallest absolute Gasteiger partial charge is 0.309 e. The zero-order valence-electron chi connectivity index (χ0n) is 12.0. The van der Waals surface area contributed by atoms with Crippen molar-refractivity contribution in [1.82, 2.24) is 0 Å². The van der Waals surface area contributed by atoms with Crippen molar-refractivity contribution in [3.63, 3.8) is 0 Å². The van der Waals surface area contributed by atoms with Gasteiger partial charge in [0.2, 0.25) is 0 Å². The van der Waals surface area contributed by atoms with Crippen molar-refractivity contribution in [2.45, 2.75) is 25.7 Å². The third-order valence-corrected chi connectivity index (χ3v) is 3.19. The Balaban J connectivity index is 4.62. The topological polar surface area (TPSA) is 134 Å². The van der Waals surface area contributed by atoms with Gasteiger partial charge >= 0.3 is 11.9 Å². The molecule has 8 nitrogen and oxygen atoms in total. The summed E-state index contributed by atoms with van der Waals surface area (Å²) >= 11 is 0. The number of hydrogen-bond donors (Lipinski definition) is 4. The fraction of sp³-hybridized carbons (Fsp3) is 0.846. The average molecular weight is 308 g/mol. The number of hydrogen-bond acceptors (Lipinski definition) is 6. The number of aliphatic carboxylic acids is 2. The molecule has 124 valence electrons. The SMILES string of the molecule is O=C(O)CCC(CCOCCO)(CCOCCO)C(=O)O. The molecule has 0 atom stereocenters. The van der Waals surface area contributed by atoms with Crippen LogP contribution in [0.2, 0.25) is 0 Å². The highest BCUT2D eigenvalue weighted by molar-refractivity contribution is 5.76. The van der Waals surface area contributed by atoms with Gasteiger partial charge in [0.15, 0.2) is 0 Å². The van der Waals surface area contributed by atoms with Gasteiger partial charge in [-0.3, -0.25) is 9.59 Å².